The Kier molecular flexibility index (Phi) is 6.33. The fourth-order valence-electron chi connectivity index (χ4n) is 4.81. The highest BCUT2D eigenvalue weighted by molar-refractivity contribution is 5.78. The van der Waals surface area contributed by atoms with Crippen LogP contribution in [0, 0.1) is 0 Å². The monoisotopic (exact) mass is 449 g/mol. The Labute approximate surface area is 194 Å². The number of nitrogens with zero attached hydrogens (tertiary/aromatic N) is 2. The number of nitrogens with one attached hydrogen (secondary N) is 1. The molecule has 174 valence electrons. The number of aryl methyl sites for hydroxylation is 1. The van der Waals surface area contributed by atoms with E-state index in [0.29, 0.717) is 25.1 Å². The molecule has 5 rings (SSSR count). The summed E-state index contributed by atoms with van der Waals surface area (Å²) >= 11 is 0. The van der Waals surface area contributed by atoms with Crippen LogP contribution in [-0.2, 0) is 13.0 Å². The Balaban J connectivity index is 1.14. The Hall–Kier alpha value is -2.90. The van der Waals surface area contributed by atoms with Crippen molar-refractivity contribution in [3.8, 4) is 17.4 Å². The van der Waals surface area contributed by atoms with E-state index in [-0.39, 0.29) is 0 Å². The molecule has 7 heteroatoms. The number of ether oxygens (including phenoxy) is 3. The molecular formula is C26H31N3O4. The molecule has 0 amide bonds. The summed E-state index contributed by atoms with van der Waals surface area (Å²) in [6, 6.07) is 12.3. The molecule has 2 N–H and O–H groups in total. The SMILES string of the molecule is COc1ccc2nccc(CC[C@]3(O)CC[C@@H](NCc4ccc5c(c4)OCCO5)CC3)c2n1. The molecule has 33 heavy (non-hydrogen) atoms. The maximum Gasteiger partial charge on any atom is 0.213 e. The summed E-state index contributed by atoms with van der Waals surface area (Å²) in [7, 11) is 1.62. The Bertz CT molecular complexity index is 1110. The summed E-state index contributed by atoms with van der Waals surface area (Å²) in [5.41, 5.74) is 3.37. The van der Waals surface area contributed by atoms with Crippen LogP contribution in [0.25, 0.3) is 11.0 Å². The smallest absolute Gasteiger partial charge is 0.213 e. The third-order valence-corrected chi connectivity index (χ3v) is 6.83. The minimum Gasteiger partial charge on any atom is -0.486 e. The van der Waals surface area contributed by atoms with Gasteiger partial charge in [0, 0.05) is 24.8 Å². The first-order chi connectivity index (χ1) is 16.1. The van der Waals surface area contributed by atoms with Crippen LogP contribution in [0.15, 0.2) is 42.6 Å². The molecular weight excluding hydrogens is 418 g/mol. The highest BCUT2D eigenvalue weighted by Gasteiger charge is 2.33. The second kappa shape index (κ2) is 9.53. The molecule has 7 nitrogen and oxygen atoms in total. The topological polar surface area (TPSA) is 85.7 Å². The van der Waals surface area contributed by atoms with Gasteiger partial charge in [0.2, 0.25) is 5.88 Å². The Morgan fingerprint density at radius 3 is 2.73 bits per heavy atom. The lowest BCUT2D eigenvalue weighted by molar-refractivity contribution is -0.0108. The van der Waals surface area contributed by atoms with E-state index in [1.807, 2.05) is 30.5 Å². The van der Waals surface area contributed by atoms with Crippen molar-refractivity contribution in [2.24, 2.45) is 0 Å². The van der Waals surface area contributed by atoms with Crippen LogP contribution in [-0.4, -0.2) is 47.0 Å². The summed E-state index contributed by atoms with van der Waals surface area (Å²) in [5.74, 6) is 2.23. The predicted octanol–water partition coefficient (Wildman–Crippen LogP) is 3.81. The number of hydrogen-bond donors (Lipinski definition) is 2. The molecule has 1 fully saturated rings. The van der Waals surface area contributed by atoms with Crippen LogP contribution in [0.2, 0.25) is 0 Å². The molecule has 3 aromatic rings. The van der Waals surface area contributed by atoms with Crippen LogP contribution in [0.3, 0.4) is 0 Å². The van der Waals surface area contributed by atoms with Crippen LogP contribution >= 0.6 is 0 Å². The van der Waals surface area contributed by atoms with Crippen molar-refractivity contribution in [3.63, 3.8) is 0 Å². The van der Waals surface area contributed by atoms with Crippen molar-refractivity contribution in [2.75, 3.05) is 20.3 Å². The highest BCUT2D eigenvalue weighted by atomic mass is 16.6. The first kappa shape index (κ1) is 21.9. The zero-order valence-electron chi connectivity index (χ0n) is 19.0. The van der Waals surface area contributed by atoms with E-state index < -0.39 is 5.60 Å². The number of aromatic nitrogens is 2. The van der Waals surface area contributed by atoms with E-state index in [4.69, 9.17) is 14.2 Å². The number of benzene rings is 1. The average molecular weight is 450 g/mol. The van der Waals surface area contributed by atoms with Gasteiger partial charge in [-0.05, 0) is 73.9 Å². The molecule has 0 bridgehead atoms. The zero-order valence-corrected chi connectivity index (χ0v) is 19.0. The van der Waals surface area contributed by atoms with E-state index >= 15 is 0 Å². The van der Waals surface area contributed by atoms with Crippen molar-refractivity contribution in [3.05, 3.63) is 53.7 Å². The molecule has 2 aromatic heterocycles. The van der Waals surface area contributed by atoms with Crippen molar-refractivity contribution in [2.45, 2.75) is 56.7 Å². The van der Waals surface area contributed by atoms with Gasteiger partial charge in [0.15, 0.2) is 11.5 Å². The van der Waals surface area contributed by atoms with Gasteiger partial charge in [-0.25, -0.2) is 4.98 Å². The fourth-order valence-corrected chi connectivity index (χ4v) is 4.81. The van der Waals surface area contributed by atoms with Crippen molar-refractivity contribution >= 4 is 11.0 Å². The Morgan fingerprint density at radius 1 is 1.09 bits per heavy atom. The molecule has 0 saturated heterocycles. The maximum atomic E-state index is 11.2. The van der Waals surface area contributed by atoms with Gasteiger partial charge in [-0.1, -0.05) is 6.07 Å². The first-order valence-corrected chi connectivity index (χ1v) is 11.7. The van der Waals surface area contributed by atoms with E-state index in [2.05, 4.69) is 27.4 Å². The third kappa shape index (κ3) is 5.04. The van der Waals surface area contributed by atoms with Gasteiger partial charge in [-0.15, -0.1) is 0 Å². The largest absolute Gasteiger partial charge is 0.486 e. The van der Waals surface area contributed by atoms with Gasteiger partial charge >= 0.3 is 0 Å². The van der Waals surface area contributed by atoms with Gasteiger partial charge in [0.1, 0.15) is 13.2 Å². The minimum atomic E-state index is -0.635. The number of rotatable bonds is 7. The molecule has 2 aliphatic rings. The van der Waals surface area contributed by atoms with Crippen LogP contribution in [0.1, 0.15) is 43.2 Å². The third-order valence-electron chi connectivity index (χ3n) is 6.83. The molecule has 0 atom stereocenters. The van der Waals surface area contributed by atoms with Crippen LogP contribution in [0.5, 0.6) is 17.4 Å². The average Bonchev–Trinajstić information content (AvgIpc) is 2.87. The quantitative estimate of drug-likeness (QED) is 0.567. The lowest BCUT2D eigenvalue weighted by Crippen LogP contribution is -2.41. The molecule has 0 radical (unpaired) electrons. The maximum absolute atomic E-state index is 11.2. The molecule has 1 aliphatic heterocycles. The normalized spacial score (nSPS) is 22.3. The van der Waals surface area contributed by atoms with Crippen molar-refractivity contribution in [1.29, 1.82) is 0 Å². The summed E-state index contributed by atoms with van der Waals surface area (Å²) in [6.07, 6.45) is 6.82. The summed E-state index contributed by atoms with van der Waals surface area (Å²) < 4.78 is 16.6. The fraction of sp³-hybridized carbons (Fsp3) is 0.462. The van der Waals surface area contributed by atoms with Gasteiger partial charge in [0.25, 0.3) is 0 Å². The standard InChI is InChI=1S/C26H31N3O4/c1-31-24-5-3-21-25(29-24)19(9-13-27-21)6-10-26(30)11-7-20(8-12-26)28-17-18-2-4-22-23(16-18)33-15-14-32-22/h2-5,9,13,16,20,28,30H,6-8,10-12,14-15,17H2,1H3/t20-,26+. The van der Waals surface area contributed by atoms with Crippen LogP contribution in [0.4, 0.5) is 0 Å². The van der Waals surface area contributed by atoms with Gasteiger partial charge in [0.05, 0.1) is 23.7 Å². The molecule has 1 saturated carbocycles. The minimum absolute atomic E-state index is 0.408. The van der Waals surface area contributed by atoms with Gasteiger partial charge < -0.3 is 24.6 Å². The number of fused-ring (bicyclic) bond motifs is 2. The lowest BCUT2D eigenvalue weighted by atomic mass is 9.78. The van der Waals surface area contributed by atoms with E-state index in [1.165, 1.54) is 5.56 Å². The number of methoxy groups -OCH3 is 1. The van der Waals surface area contributed by atoms with Gasteiger partial charge in [-0.3, -0.25) is 4.98 Å². The van der Waals surface area contributed by atoms with Gasteiger partial charge in [-0.2, -0.15) is 0 Å². The lowest BCUT2D eigenvalue weighted by Gasteiger charge is -2.36. The second-order valence-corrected chi connectivity index (χ2v) is 9.05. The van der Waals surface area contributed by atoms with E-state index in [1.54, 1.807) is 7.11 Å². The van der Waals surface area contributed by atoms with Crippen LogP contribution < -0.4 is 19.5 Å². The number of aliphatic hydroxyl groups is 1. The summed E-state index contributed by atoms with van der Waals surface area (Å²) in [4.78, 5) is 8.98. The predicted molar refractivity (Wildman–Crippen MR) is 126 cm³/mol. The van der Waals surface area contributed by atoms with Crippen molar-refractivity contribution in [1.82, 2.24) is 15.3 Å². The molecule has 0 unspecified atom stereocenters. The highest BCUT2D eigenvalue weighted by Crippen LogP contribution is 2.34. The van der Waals surface area contributed by atoms with Crippen molar-refractivity contribution < 1.29 is 19.3 Å². The Morgan fingerprint density at radius 2 is 1.91 bits per heavy atom. The van der Waals surface area contributed by atoms with E-state index in [9.17, 15) is 5.11 Å². The van der Waals surface area contributed by atoms with E-state index in [0.717, 1.165) is 73.2 Å². The number of pyridine rings is 2. The molecule has 3 heterocycles. The second-order valence-electron chi connectivity index (χ2n) is 9.05. The molecule has 1 aliphatic carbocycles. The summed E-state index contributed by atoms with van der Waals surface area (Å²) in [5, 5.41) is 14.9. The zero-order chi connectivity index (χ0) is 22.7. The summed E-state index contributed by atoms with van der Waals surface area (Å²) in [6.45, 7) is 2.00. The number of hydrogen-bond acceptors (Lipinski definition) is 7. The first-order valence-electron chi connectivity index (χ1n) is 11.7. The molecule has 1 aromatic carbocycles. The molecule has 0 spiro atoms.